The molecular formula is C15H13BrF3NO2S. The minimum atomic E-state index is -4.63. The van der Waals surface area contributed by atoms with Crippen LogP contribution in [-0.4, -0.2) is 8.42 Å². The summed E-state index contributed by atoms with van der Waals surface area (Å²) in [7, 11) is -4.14. The molecule has 0 saturated carbocycles. The van der Waals surface area contributed by atoms with Crippen LogP contribution in [0.4, 0.5) is 18.9 Å². The second kappa shape index (κ2) is 6.16. The van der Waals surface area contributed by atoms with Crippen molar-refractivity contribution in [3.05, 3.63) is 57.6 Å². The zero-order chi connectivity index (χ0) is 17.4. The molecule has 1 N–H and O–H groups in total. The van der Waals surface area contributed by atoms with Gasteiger partial charge in [0.1, 0.15) is 0 Å². The van der Waals surface area contributed by atoms with Crippen LogP contribution < -0.4 is 4.72 Å². The van der Waals surface area contributed by atoms with Gasteiger partial charge in [-0.1, -0.05) is 28.1 Å². The molecule has 0 atom stereocenters. The van der Waals surface area contributed by atoms with E-state index < -0.39 is 26.7 Å². The number of benzene rings is 2. The van der Waals surface area contributed by atoms with Gasteiger partial charge in [-0.2, -0.15) is 13.2 Å². The number of aryl methyl sites for hydroxylation is 1. The van der Waals surface area contributed by atoms with E-state index in [2.05, 4.69) is 20.7 Å². The Morgan fingerprint density at radius 1 is 1.09 bits per heavy atom. The lowest BCUT2D eigenvalue weighted by Crippen LogP contribution is -2.15. The summed E-state index contributed by atoms with van der Waals surface area (Å²) in [6.07, 6.45) is -4.63. The van der Waals surface area contributed by atoms with Crippen LogP contribution in [0.1, 0.15) is 16.7 Å². The summed E-state index contributed by atoms with van der Waals surface area (Å²) in [6.45, 7) is 3.54. The molecule has 0 heterocycles. The summed E-state index contributed by atoms with van der Waals surface area (Å²) < 4.78 is 65.7. The van der Waals surface area contributed by atoms with Crippen molar-refractivity contribution in [1.29, 1.82) is 0 Å². The predicted octanol–water partition coefficient (Wildman–Crippen LogP) is 4.89. The first kappa shape index (κ1) is 17.8. The van der Waals surface area contributed by atoms with Crippen LogP contribution in [0, 0.1) is 13.8 Å². The summed E-state index contributed by atoms with van der Waals surface area (Å²) in [4.78, 5) is -0.458. The van der Waals surface area contributed by atoms with Crippen LogP contribution in [-0.2, 0) is 16.2 Å². The molecule has 0 amide bonds. The maximum atomic E-state index is 12.8. The van der Waals surface area contributed by atoms with Gasteiger partial charge in [0.2, 0.25) is 0 Å². The van der Waals surface area contributed by atoms with E-state index in [4.69, 9.17) is 0 Å². The lowest BCUT2D eigenvalue weighted by molar-refractivity contribution is -0.137. The van der Waals surface area contributed by atoms with Gasteiger partial charge in [0, 0.05) is 4.47 Å². The molecule has 0 radical (unpaired) electrons. The number of alkyl halides is 3. The zero-order valence-electron chi connectivity index (χ0n) is 12.2. The van der Waals surface area contributed by atoms with E-state index in [0.717, 1.165) is 17.7 Å². The average molecular weight is 408 g/mol. The number of nitrogens with one attached hydrogen (secondary N) is 1. The Morgan fingerprint density at radius 3 is 2.35 bits per heavy atom. The van der Waals surface area contributed by atoms with E-state index in [9.17, 15) is 21.6 Å². The van der Waals surface area contributed by atoms with Crippen LogP contribution in [0.5, 0.6) is 0 Å². The molecule has 0 aliphatic carbocycles. The van der Waals surface area contributed by atoms with Gasteiger partial charge < -0.3 is 0 Å². The number of hydrogen-bond donors (Lipinski definition) is 1. The number of rotatable bonds is 3. The second-order valence-corrected chi connectivity index (χ2v) is 7.62. The van der Waals surface area contributed by atoms with Crippen LogP contribution in [0.15, 0.2) is 45.8 Å². The Hall–Kier alpha value is -1.54. The van der Waals surface area contributed by atoms with E-state index in [1.165, 1.54) is 0 Å². The van der Waals surface area contributed by atoms with Gasteiger partial charge in [0.25, 0.3) is 10.0 Å². The van der Waals surface area contributed by atoms with Crippen molar-refractivity contribution in [2.24, 2.45) is 0 Å². The lowest BCUT2D eigenvalue weighted by atomic mass is 10.1. The second-order valence-electron chi connectivity index (χ2n) is 5.03. The minimum absolute atomic E-state index is 0.0358. The van der Waals surface area contributed by atoms with Crippen molar-refractivity contribution < 1.29 is 21.6 Å². The van der Waals surface area contributed by atoms with Gasteiger partial charge in [-0.3, -0.25) is 4.72 Å². The first-order valence-corrected chi connectivity index (χ1v) is 8.75. The summed E-state index contributed by atoms with van der Waals surface area (Å²) in [6, 6.07) is 7.61. The molecule has 0 spiro atoms. The third-order valence-electron chi connectivity index (χ3n) is 3.36. The monoisotopic (exact) mass is 407 g/mol. The molecular weight excluding hydrogens is 395 g/mol. The van der Waals surface area contributed by atoms with Gasteiger partial charge in [-0.05, 0) is 49.2 Å². The Balaban J connectivity index is 2.48. The quantitative estimate of drug-likeness (QED) is 0.787. The molecule has 0 fully saturated rings. The molecule has 23 heavy (non-hydrogen) atoms. The van der Waals surface area contributed by atoms with Gasteiger partial charge in [0.05, 0.1) is 16.1 Å². The van der Waals surface area contributed by atoms with Crippen LogP contribution in [0.2, 0.25) is 0 Å². The van der Waals surface area contributed by atoms with Crippen LogP contribution >= 0.6 is 15.9 Å². The first-order valence-electron chi connectivity index (χ1n) is 6.47. The van der Waals surface area contributed by atoms with E-state index in [1.54, 1.807) is 19.1 Å². The number of sulfonamides is 1. The molecule has 2 aromatic rings. The normalized spacial score (nSPS) is 12.3. The fourth-order valence-corrected chi connectivity index (χ4v) is 3.78. The van der Waals surface area contributed by atoms with Crippen molar-refractivity contribution in [2.75, 3.05) is 4.72 Å². The Bertz CT molecular complexity index is 848. The van der Waals surface area contributed by atoms with Crippen molar-refractivity contribution in [3.8, 4) is 0 Å². The highest BCUT2D eigenvalue weighted by Gasteiger charge is 2.32. The summed E-state index contributed by atoms with van der Waals surface area (Å²) in [5.41, 5.74) is 0.879. The van der Waals surface area contributed by atoms with Gasteiger partial charge in [-0.15, -0.1) is 0 Å². The zero-order valence-corrected chi connectivity index (χ0v) is 14.6. The number of anilines is 1. The Morgan fingerprint density at radius 2 is 1.74 bits per heavy atom. The average Bonchev–Trinajstić information content (AvgIpc) is 2.42. The van der Waals surface area contributed by atoms with Crippen molar-refractivity contribution >= 4 is 31.6 Å². The highest BCUT2D eigenvalue weighted by Crippen LogP contribution is 2.33. The Labute approximate surface area is 140 Å². The highest BCUT2D eigenvalue weighted by atomic mass is 79.9. The summed E-state index contributed by atoms with van der Waals surface area (Å²) in [5, 5.41) is 0. The summed E-state index contributed by atoms with van der Waals surface area (Å²) in [5.74, 6) is 0. The smallest absolute Gasteiger partial charge is 0.279 e. The molecule has 124 valence electrons. The van der Waals surface area contributed by atoms with Gasteiger partial charge in [-0.25, -0.2) is 8.42 Å². The van der Waals surface area contributed by atoms with Crippen molar-refractivity contribution in [1.82, 2.24) is 0 Å². The SMILES string of the molecule is Cc1cccc(NS(=O)(=O)c2cc(Br)cc(C(F)(F)F)c2)c1C. The number of halogens is 4. The molecule has 0 unspecified atom stereocenters. The predicted molar refractivity (Wildman–Crippen MR) is 85.9 cm³/mol. The van der Waals surface area contributed by atoms with Crippen molar-refractivity contribution in [3.63, 3.8) is 0 Å². The molecule has 0 aromatic heterocycles. The van der Waals surface area contributed by atoms with Crippen LogP contribution in [0.25, 0.3) is 0 Å². The molecule has 3 nitrogen and oxygen atoms in total. The van der Waals surface area contributed by atoms with E-state index >= 15 is 0 Å². The molecule has 0 saturated heterocycles. The third-order valence-corrected chi connectivity index (χ3v) is 5.16. The molecule has 8 heteroatoms. The van der Waals surface area contributed by atoms with Crippen LogP contribution in [0.3, 0.4) is 0 Å². The molecule has 0 aliphatic heterocycles. The minimum Gasteiger partial charge on any atom is -0.279 e. The molecule has 0 bridgehead atoms. The lowest BCUT2D eigenvalue weighted by Gasteiger charge is -2.14. The van der Waals surface area contributed by atoms with E-state index in [-0.39, 0.29) is 4.47 Å². The van der Waals surface area contributed by atoms with Gasteiger partial charge in [0.15, 0.2) is 0 Å². The fourth-order valence-electron chi connectivity index (χ4n) is 1.95. The standard InChI is InChI=1S/C15H13BrF3NO2S/c1-9-4-3-5-14(10(9)2)20-23(21,22)13-7-11(15(17,18)19)6-12(16)8-13/h3-8,20H,1-2H3. The first-order chi connectivity index (χ1) is 10.5. The number of hydrogen-bond acceptors (Lipinski definition) is 2. The maximum Gasteiger partial charge on any atom is 0.416 e. The molecule has 2 aromatic carbocycles. The molecule has 2 rings (SSSR count). The van der Waals surface area contributed by atoms with Gasteiger partial charge >= 0.3 is 6.18 Å². The topological polar surface area (TPSA) is 46.2 Å². The Kier molecular flexibility index (Phi) is 4.77. The maximum absolute atomic E-state index is 12.8. The third kappa shape index (κ3) is 4.06. The highest BCUT2D eigenvalue weighted by molar-refractivity contribution is 9.10. The van der Waals surface area contributed by atoms with E-state index in [0.29, 0.717) is 17.3 Å². The summed E-state index contributed by atoms with van der Waals surface area (Å²) >= 11 is 2.92. The largest absolute Gasteiger partial charge is 0.416 e. The molecule has 0 aliphatic rings. The van der Waals surface area contributed by atoms with E-state index in [1.807, 2.05) is 13.0 Å². The fraction of sp³-hybridized carbons (Fsp3) is 0.200. The van der Waals surface area contributed by atoms with Crippen molar-refractivity contribution in [2.45, 2.75) is 24.9 Å².